The molecule has 1 aliphatic rings. The molecule has 8 heteroatoms. The van der Waals surface area contributed by atoms with Crippen molar-refractivity contribution < 1.29 is 23.9 Å². The van der Waals surface area contributed by atoms with Gasteiger partial charge < -0.3 is 20.1 Å². The van der Waals surface area contributed by atoms with E-state index in [4.69, 9.17) is 9.47 Å². The first kappa shape index (κ1) is 25.4. The Morgan fingerprint density at radius 3 is 2.03 bits per heavy atom. The predicted molar refractivity (Wildman–Crippen MR) is 140 cm³/mol. The van der Waals surface area contributed by atoms with Gasteiger partial charge in [-0.1, -0.05) is 94.8 Å². The first-order valence-electron chi connectivity index (χ1n) is 11.7. The van der Waals surface area contributed by atoms with Gasteiger partial charge >= 0.3 is 12.1 Å². The molecule has 0 spiro atoms. The second kappa shape index (κ2) is 11.9. The lowest BCUT2D eigenvalue weighted by Gasteiger charge is -2.20. The van der Waals surface area contributed by atoms with Crippen LogP contribution in [0.4, 0.5) is 4.79 Å². The van der Waals surface area contributed by atoms with Crippen LogP contribution in [0.3, 0.4) is 0 Å². The van der Waals surface area contributed by atoms with Crippen LogP contribution in [0.2, 0.25) is 0 Å². The highest BCUT2D eigenvalue weighted by Gasteiger charge is 2.30. The van der Waals surface area contributed by atoms with E-state index < -0.39 is 30.1 Å². The molecule has 0 radical (unpaired) electrons. The number of esters is 1. The van der Waals surface area contributed by atoms with Crippen LogP contribution in [0.25, 0.3) is 11.1 Å². The van der Waals surface area contributed by atoms with Crippen LogP contribution in [-0.4, -0.2) is 42.0 Å². The van der Waals surface area contributed by atoms with Crippen LogP contribution in [0, 0.1) is 0 Å². The van der Waals surface area contributed by atoms with Gasteiger partial charge in [-0.2, -0.15) is 0 Å². The number of carbonyl (C=O) groups is 3. The fourth-order valence-corrected chi connectivity index (χ4v) is 4.64. The van der Waals surface area contributed by atoms with Crippen molar-refractivity contribution in [2.24, 2.45) is 0 Å². The van der Waals surface area contributed by atoms with Crippen molar-refractivity contribution in [3.05, 3.63) is 95.6 Å². The van der Waals surface area contributed by atoms with E-state index in [1.54, 1.807) is 0 Å². The van der Waals surface area contributed by atoms with Gasteiger partial charge in [-0.15, -0.1) is 0 Å². The number of benzene rings is 3. The number of hydrogen-bond acceptors (Lipinski definition) is 5. The average Bonchev–Trinajstić information content (AvgIpc) is 3.23. The molecule has 0 fully saturated rings. The monoisotopic (exact) mass is 550 g/mol. The molecule has 0 aromatic heterocycles. The Balaban J connectivity index is 1.28. The number of ether oxygens (including phenoxy) is 2. The highest BCUT2D eigenvalue weighted by molar-refractivity contribution is 9.09. The van der Waals surface area contributed by atoms with Gasteiger partial charge in [0.2, 0.25) is 5.91 Å². The highest BCUT2D eigenvalue weighted by atomic mass is 79.9. The molecule has 2 amide bonds. The van der Waals surface area contributed by atoms with Gasteiger partial charge in [-0.05, 0) is 34.7 Å². The van der Waals surface area contributed by atoms with Crippen molar-refractivity contribution in [2.75, 3.05) is 11.9 Å². The number of hydrogen-bond donors (Lipinski definition) is 2. The second-order valence-corrected chi connectivity index (χ2v) is 9.15. The standard InChI is InChI=1S/C28H27BrN2O5/c1-18(27(33)35-16-19-9-3-2-4-10-19)30-26(32)25(15-29)31-28(34)36-17-24-22-13-7-5-11-20(22)21-12-6-8-14-23(21)24/h2-14,18,24-25H,15-17H2,1H3,(H,30,32)(H,31,34)/t18-,25-/m0/s1. The molecule has 3 aromatic carbocycles. The van der Waals surface area contributed by atoms with Crippen LogP contribution < -0.4 is 10.6 Å². The van der Waals surface area contributed by atoms with Gasteiger partial charge in [-0.25, -0.2) is 9.59 Å². The van der Waals surface area contributed by atoms with E-state index in [0.29, 0.717) is 0 Å². The van der Waals surface area contributed by atoms with E-state index in [1.807, 2.05) is 66.7 Å². The molecule has 4 rings (SSSR count). The van der Waals surface area contributed by atoms with Crippen molar-refractivity contribution in [3.8, 4) is 11.1 Å². The lowest BCUT2D eigenvalue weighted by atomic mass is 9.98. The molecule has 1 aliphatic carbocycles. The lowest BCUT2D eigenvalue weighted by molar-refractivity contribution is -0.148. The third-order valence-corrected chi connectivity index (χ3v) is 6.69. The SMILES string of the molecule is C[C@H](NC(=O)[C@H](CBr)NC(=O)OCC1c2ccccc2-c2ccccc21)C(=O)OCc1ccccc1. The molecule has 36 heavy (non-hydrogen) atoms. The maximum absolute atomic E-state index is 12.7. The average molecular weight is 551 g/mol. The van der Waals surface area contributed by atoms with Gasteiger partial charge in [0.1, 0.15) is 25.3 Å². The minimum absolute atomic E-state index is 0.0844. The van der Waals surface area contributed by atoms with E-state index in [0.717, 1.165) is 27.8 Å². The van der Waals surface area contributed by atoms with Crippen molar-refractivity contribution in [1.82, 2.24) is 10.6 Å². The van der Waals surface area contributed by atoms with Crippen LogP contribution >= 0.6 is 15.9 Å². The molecule has 0 aliphatic heterocycles. The molecule has 0 saturated carbocycles. The molecule has 0 unspecified atom stereocenters. The molecular formula is C28H27BrN2O5. The Kier molecular flexibility index (Phi) is 8.38. The van der Waals surface area contributed by atoms with E-state index in [-0.39, 0.29) is 24.5 Å². The summed E-state index contributed by atoms with van der Waals surface area (Å²) in [5.74, 6) is -1.18. The van der Waals surface area contributed by atoms with E-state index in [2.05, 4.69) is 38.7 Å². The molecule has 0 heterocycles. The summed E-state index contributed by atoms with van der Waals surface area (Å²) in [6.07, 6.45) is -0.712. The normalized spacial score (nSPS) is 13.6. The van der Waals surface area contributed by atoms with Gasteiger partial charge in [0.15, 0.2) is 0 Å². The van der Waals surface area contributed by atoms with Gasteiger partial charge in [0.25, 0.3) is 0 Å². The van der Waals surface area contributed by atoms with Gasteiger partial charge in [-0.3, -0.25) is 4.79 Å². The summed E-state index contributed by atoms with van der Waals surface area (Å²) in [5.41, 5.74) is 5.31. The summed E-state index contributed by atoms with van der Waals surface area (Å²) in [6.45, 7) is 1.78. The second-order valence-electron chi connectivity index (χ2n) is 8.50. The molecule has 3 aromatic rings. The maximum Gasteiger partial charge on any atom is 0.407 e. The largest absolute Gasteiger partial charge is 0.459 e. The van der Waals surface area contributed by atoms with Gasteiger partial charge in [0, 0.05) is 11.2 Å². The number of fused-ring (bicyclic) bond motifs is 3. The Morgan fingerprint density at radius 1 is 0.833 bits per heavy atom. The van der Waals surface area contributed by atoms with E-state index >= 15 is 0 Å². The Hall–Kier alpha value is -3.65. The van der Waals surface area contributed by atoms with Gasteiger partial charge in [0.05, 0.1) is 0 Å². The number of alkyl carbamates (subject to hydrolysis) is 1. The molecule has 7 nitrogen and oxygen atoms in total. The van der Waals surface area contributed by atoms with Crippen molar-refractivity contribution >= 4 is 33.9 Å². The summed E-state index contributed by atoms with van der Waals surface area (Å²) in [4.78, 5) is 37.5. The molecule has 0 saturated heterocycles. The number of amides is 2. The first-order valence-corrected chi connectivity index (χ1v) is 12.8. The fourth-order valence-electron chi connectivity index (χ4n) is 4.18. The summed E-state index contributed by atoms with van der Waals surface area (Å²) >= 11 is 3.25. The zero-order valence-corrected chi connectivity index (χ0v) is 21.4. The highest BCUT2D eigenvalue weighted by Crippen LogP contribution is 2.44. The van der Waals surface area contributed by atoms with Crippen LogP contribution in [0.1, 0.15) is 29.5 Å². The molecule has 186 valence electrons. The van der Waals surface area contributed by atoms with Crippen molar-refractivity contribution in [2.45, 2.75) is 31.5 Å². The van der Waals surface area contributed by atoms with Crippen LogP contribution in [0.5, 0.6) is 0 Å². The smallest absolute Gasteiger partial charge is 0.407 e. The fraction of sp³-hybridized carbons (Fsp3) is 0.250. The topological polar surface area (TPSA) is 93.7 Å². The van der Waals surface area contributed by atoms with E-state index in [9.17, 15) is 14.4 Å². The van der Waals surface area contributed by atoms with Crippen molar-refractivity contribution in [3.63, 3.8) is 0 Å². The quantitative estimate of drug-likeness (QED) is 0.301. The summed E-state index contributed by atoms with van der Waals surface area (Å²) in [5, 5.41) is 5.30. The first-order chi connectivity index (χ1) is 17.5. The molecule has 2 N–H and O–H groups in total. The molecule has 2 atom stereocenters. The lowest BCUT2D eigenvalue weighted by Crippen LogP contribution is -2.52. The Morgan fingerprint density at radius 2 is 1.42 bits per heavy atom. The number of alkyl halides is 1. The maximum atomic E-state index is 12.7. The summed E-state index contributed by atoms with van der Waals surface area (Å²) in [7, 11) is 0. The zero-order valence-electron chi connectivity index (χ0n) is 19.8. The molecule has 0 bridgehead atoms. The summed E-state index contributed by atoms with van der Waals surface area (Å²) in [6, 6.07) is 23.6. The number of carbonyl (C=O) groups excluding carboxylic acids is 3. The van der Waals surface area contributed by atoms with Crippen LogP contribution in [0.15, 0.2) is 78.9 Å². The van der Waals surface area contributed by atoms with Crippen molar-refractivity contribution in [1.29, 1.82) is 0 Å². The summed E-state index contributed by atoms with van der Waals surface area (Å²) < 4.78 is 10.8. The predicted octanol–water partition coefficient (Wildman–Crippen LogP) is 4.54. The minimum Gasteiger partial charge on any atom is -0.459 e. The third-order valence-electron chi connectivity index (χ3n) is 6.04. The zero-order chi connectivity index (χ0) is 25.5. The van der Waals surface area contributed by atoms with Crippen LogP contribution in [-0.2, 0) is 25.7 Å². The Bertz CT molecular complexity index is 1190. The number of rotatable bonds is 9. The minimum atomic E-state index is -0.926. The van der Waals surface area contributed by atoms with E-state index in [1.165, 1.54) is 6.92 Å². The molecular weight excluding hydrogens is 524 g/mol. The number of nitrogens with one attached hydrogen (secondary N) is 2. The third kappa shape index (κ3) is 5.94. The number of halogens is 1. The Labute approximate surface area is 218 Å².